The molecular formula is C19H27N2+. The minimum absolute atomic E-state index is 0.412. The zero-order chi connectivity index (χ0) is 17.5. The van der Waals surface area contributed by atoms with E-state index in [1.54, 1.807) is 0 Å². The Morgan fingerprint density at radius 3 is 2.52 bits per heavy atom. The molecule has 21 heavy (non-hydrogen) atoms. The van der Waals surface area contributed by atoms with E-state index in [9.17, 15) is 0 Å². The lowest BCUT2D eigenvalue weighted by atomic mass is 9.86. The first kappa shape index (κ1) is 11.1. The Kier molecular flexibility index (Phi) is 2.98. The van der Waals surface area contributed by atoms with E-state index in [4.69, 9.17) is 4.11 Å². The van der Waals surface area contributed by atoms with Crippen LogP contribution < -0.4 is 4.57 Å². The lowest BCUT2D eigenvalue weighted by Gasteiger charge is -2.19. The Balaban J connectivity index is 2.26. The van der Waals surface area contributed by atoms with E-state index in [1.807, 2.05) is 47.4 Å². The van der Waals surface area contributed by atoms with Gasteiger partial charge in [0.25, 0.3) is 5.82 Å². The Labute approximate surface area is 132 Å². The van der Waals surface area contributed by atoms with Crippen LogP contribution in [0.1, 0.15) is 64.9 Å². The van der Waals surface area contributed by atoms with Crippen molar-refractivity contribution in [3.05, 3.63) is 47.0 Å². The van der Waals surface area contributed by atoms with E-state index in [0.29, 0.717) is 11.7 Å². The van der Waals surface area contributed by atoms with Crippen LogP contribution in [0.5, 0.6) is 0 Å². The number of benzene rings is 1. The largest absolute Gasteiger partial charge is 0.258 e. The molecule has 2 heteroatoms. The maximum atomic E-state index is 8.09. The Morgan fingerprint density at radius 1 is 1.14 bits per heavy atom. The maximum Gasteiger partial charge on any atom is 0.258 e. The molecular weight excluding hydrogens is 256 g/mol. The Bertz CT molecular complexity index is 738. The van der Waals surface area contributed by atoms with Gasteiger partial charge in [0.05, 0.1) is 7.05 Å². The molecule has 1 saturated carbocycles. The standard InChI is InChI=1S/C19H27N2/c1-14-10-8-9-13-18(14)21-15(2)19(20(4)16(21)3)17-11-6-5-7-12-17/h8-10,13,17H,5-7,11-12H2,1-4H3/q+1/i3D3. The molecule has 0 saturated heterocycles. The molecule has 0 radical (unpaired) electrons. The highest BCUT2D eigenvalue weighted by Gasteiger charge is 2.31. The first-order valence-corrected chi connectivity index (χ1v) is 8.00. The van der Waals surface area contributed by atoms with Gasteiger partial charge in [0.15, 0.2) is 0 Å². The number of aromatic nitrogens is 2. The third-order valence-corrected chi connectivity index (χ3v) is 4.95. The van der Waals surface area contributed by atoms with Gasteiger partial charge >= 0.3 is 0 Å². The summed E-state index contributed by atoms with van der Waals surface area (Å²) in [7, 11) is 1.92. The van der Waals surface area contributed by atoms with Gasteiger partial charge in [-0.3, -0.25) is 0 Å². The molecule has 1 aromatic heterocycles. The van der Waals surface area contributed by atoms with Crippen LogP contribution >= 0.6 is 0 Å². The summed E-state index contributed by atoms with van der Waals surface area (Å²) in [4.78, 5) is 0. The van der Waals surface area contributed by atoms with Crippen molar-refractivity contribution in [1.29, 1.82) is 0 Å². The molecule has 0 spiro atoms. The van der Waals surface area contributed by atoms with Gasteiger partial charge in [-0.25, -0.2) is 4.57 Å². The molecule has 2 aromatic rings. The fourth-order valence-electron chi connectivity index (χ4n) is 3.83. The first-order valence-electron chi connectivity index (χ1n) is 9.50. The van der Waals surface area contributed by atoms with Gasteiger partial charge < -0.3 is 0 Å². The summed E-state index contributed by atoms with van der Waals surface area (Å²) in [6.07, 6.45) is 6.09. The predicted octanol–water partition coefficient (Wildman–Crippen LogP) is 4.27. The molecule has 1 heterocycles. The number of hydrogen-bond donors (Lipinski definition) is 0. The molecule has 0 atom stereocenters. The summed E-state index contributed by atoms with van der Waals surface area (Å²) < 4.78 is 28.2. The Morgan fingerprint density at radius 2 is 1.86 bits per heavy atom. The van der Waals surface area contributed by atoms with Crippen molar-refractivity contribution in [3.8, 4) is 5.69 Å². The third-order valence-electron chi connectivity index (χ3n) is 4.95. The normalized spacial score (nSPS) is 19.1. The second-order valence-electron chi connectivity index (χ2n) is 6.31. The van der Waals surface area contributed by atoms with E-state index >= 15 is 0 Å². The van der Waals surface area contributed by atoms with Crippen LogP contribution in [-0.2, 0) is 7.05 Å². The summed E-state index contributed by atoms with van der Waals surface area (Å²) >= 11 is 0. The molecule has 3 rings (SSSR count). The van der Waals surface area contributed by atoms with Crippen molar-refractivity contribution in [1.82, 2.24) is 4.57 Å². The van der Waals surface area contributed by atoms with Crippen molar-refractivity contribution >= 4 is 0 Å². The molecule has 1 aromatic carbocycles. The number of imidazole rings is 1. The molecule has 0 N–H and O–H groups in total. The van der Waals surface area contributed by atoms with Gasteiger partial charge in [-0.1, -0.05) is 37.5 Å². The van der Waals surface area contributed by atoms with Gasteiger partial charge in [-0.15, -0.1) is 0 Å². The summed E-state index contributed by atoms with van der Waals surface area (Å²) in [5.74, 6) is 0.880. The highest BCUT2D eigenvalue weighted by molar-refractivity contribution is 5.42. The van der Waals surface area contributed by atoms with Crippen molar-refractivity contribution in [2.24, 2.45) is 7.05 Å². The minimum atomic E-state index is -2.14. The summed E-state index contributed by atoms with van der Waals surface area (Å²) in [5, 5.41) is 0. The monoisotopic (exact) mass is 286 g/mol. The first-order chi connectivity index (χ1) is 11.3. The van der Waals surface area contributed by atoms with Crippen molar-refractivity contribution in [2.75, 3.05) is 0 Å². The fourth-order valence-corrected chi connectivity index (χ4v) is 3.83. The van der Waals surface area contributed by atoms with E-state index in [0.717, 1.165) is 29.8 Å². The van der Waals surface area contributed by atoms with Crippen LogP contribution in [0.25, 0.3) is 5.69 Å². The van der Waals surface area contributed by atoms with Crippen LogP contribution in [0.4, 0.5) is 0 Å². The smallest absolute Gasteiger partial charge is 0.234 e. The van der Waals surface area contributed by atoms with Gasteiger partial charge in [0.2, 0.25) is 0 Å². The predicted molar refractivity (Wildman–Crippen MR) is 87.0 cm³/mol. The minimum Gasteiger partial charge on any atom is -0.234 e. The molecule has 1 fully saturated rings. The number of para-hydroxylation sites is 1. The topological polar surface area (TPSA) is 8.81 Å². The van der Waals surface area contributed by atoms with Gasteiger partial charge in [-0.05, 0) is 31.4 Å². The second kappa shape index (κ2) is 5.67. The zero-order valence-electron chi connectivity index (χ0n) is 16.3. The molecule has 2 nitrogen and oxygen atoms in total. The van der Waals surface area contributed by atoms with Crippen LogP contribution in [-0.4, -0.2) is 4.57 Å². The van der Waals surface area contributed by atoms with Crippen LogP contribution in [0.15, 0.2) is 24.3 Å². The molecule has 112 valence electrons. The van der Waals surface area contributed by atoms with Crippen molar-refractivity contribution in [2.45, 2.75) is 58.7 Å². The number of nitrogens with zero attached hydrogens (tertiary/aromatic N) is 2. The molecule has 0 bridgehead atoms. The van der Waals surface area contributed by atoms with Crippen LogP contribution in [0.3, 0.4) is 0 Å². The van der Waals surface area contributed by atoms with E-state index in [1.165, 1.54) is 25.0 Å². The molecule has 0 unspecified atom stereocenters. The highest BCUT2D eigenvalue weighted by Crippen LogP contribution is 2.34. The second-order valence-corrected chi connectivity index (χ2v) is 6.31. The third kappa shape index (κ3) is 2.41. The molecule has 0 amide bonds. The molecule has 1 aliphatic carbocycles. The lowest BCUT2D eigenvalue weighted by molar-refractivity contribution is -0.686. The number of rotatable bonds is 2. The van der Waals surface area contributed by atoms with Crippen molar-refractivity contribution in [3.63, 3.8) is 0 Å². The molecule has 1 aliphatic rings. The van der Waals surface area contributed by atoms with Gasteiger partial charge in [0.1, 0.15) is 17.1 Å². The van der Waals surface area contributed by atoms with E-state index < -0.39 is 6.85 Å². The molecule has 0 aliphatic heterocycles. The van der Waals surface area contributed by atoms with E-state index in [-0.39, 0.29) is 0 Å². The number of hydrogen-bond acceptors (Lipinski definition) is 0. The van der Waals surface area contributed by atoms with Gasteiger partial charge in [-0.2, -0.15) is 4.57 Å². The number of aryl methyl sites for hydroxylation is 1. The lowest BCUT2D eigenvalue weighted by Crippen LogP contribution is -2.36. The van der Waals surface area contributed by atoms with E-state index in [2.05, 4.69) is 6.92 Å². The average Bonchev–Trinajstić information content (AvgIpc) is 2.79. The summed E-state index contributed by atoms with van der Waals surface area (Å²) in [5.41, 5.74) is 4.34. The zero-order valence-corrected chi connectivity index (χ0v) is 13.3. The fraction of sp³-hybridized carbons (Fsp3) is 0.526. The Hall–Kier alpha value is -1.57. The van der Waals surface area contributed by atoms with Crippen LogP contribution in [0.2, 0.25) is 0 Å². The summed E-state index contributed by atoms with van der Waals surface area (Å²) in [6.45, 7) is 1.97. The van der Waals surface area contributed by atoms with Crippen LogP contribution in [0, 0.1) is 20.7 Å². The SMILES string of the molecule is [2H]C([2H])([2H])c1n(-c2ccccc2C)c(C)c(C2CCCCC2)[n+]1C. The maximum absolute atomic E-state index is 8.09. The van der Waals surface area contributed by atoms with Gasteiger partial charge in [0, 0.05) is 23.8 Å². The highest BCUT2D eigenvalue weighted by atomic mass is 15.2. The quantitative estimate of drug-likeness (QED) is 0.729. The van der Waals surface area contributed by atoms with Crippen molar-refractivity contribution < 1.29 is 8.68 Å². The average molecular weight is 286 g/mol. The summed E-state index contributed by atoms with van der Waals surface area (Å²) in [6, 6.07) is 8.03.